The normalized spacial score (nSPS) is 26.5. The van der Waals surface area contributed by atoms with Gasteiger partial charge in [-0.1, -0.05) is 48.5 Å². The van der Waals surface area contributed by atoms with Crippen molar-refractivity contribution in [1.82, 2.24) is 10.6 Å². The second-order valence-corrected chi connectivity index (χ2v) is 5.87. The number of benzene rings is 2. The van der Waals surface area contributed by atoms with Crippen LogP contribution in [-0.2, 0) is 10.5 Å². The maximum Gasteiger partial charge on any atom is 0.176 e. The maximum atomic E-state index is 6.20. The van der Waals surface area contributed by atoms with Gasteiger partial charge in [0.25, 0.3) is 0 Å². The predicted octanol–water partition coefficient (Wildman–Crippen LogP) is 2.82. The fourth-order valence-electron chi connectivity index (χ4n) is 3.07. The molecular weight excluding hydrogens is 296 g/mol. The third-order valence-electron chi connectivity index (χ3n) is 4.10. The van der Waals surface area contributed by atoms with Gasteiger partial charge in [-0.15, -0.1) is 0 Å². The summed E-state index contributed by atoms with van der Waals surface area (Å²) in [5, 5.41) is 6.91. The zero-order chi connectivity index (χ0) is 15.0. The van der Waals surface area contributed by atoms with E-state index >= 15 is 0 Å². The molecule has 2 atom stereocenters. The minimum atomic E-state index is -0.641. The Kier molecular flexibility index (Phi) is 3.24. The first-order chi connectivity index (χ1) is 10.8. The predicted molar refractivity (Wildman–Crippen MR) is 87.4 cm³/mol. The largest absolute Gasteiger partial charge is 0.485 e. The highest BCUT2D eigenvalue weighted by molar-refractivity contribution is 7.80. The quantitative estimate of drug-likeness (QED) is 0.793. The average Bonchev–Trinajstić information content (AvgIpc) is 2.56. The van der Waals surface area contributed by atoms with Gasteiger partial charge in [0, 0.05) is 12.0 Å². The Morgan fingerprint density at radius 2 is 1.82 bits per heavy atom. The van der Waals surface area contributed by atoms with Crippen molar-refractivity contribution in [3.8, 4) is 5.75 Å². The average molecular weight is 312 g/mol. The van der Waals surface area contributed by atoms with Gasteiger partial charge in [-0.25, -0.2) is 0 Å². The Balaban J connectivity index is 1.78. The molecule has 0 aliphatic carbocycles. The molecule has 0 saturated carbocycles. The van der Waals surface area contributed by atoms with E-state index < -0.39 is 5.72 Å². The molecule has 2 aromatic carbocycles. The first kappa shape index (κ1) is 13.5. The van der Waals surface area contributed by atoms with Gasteiger partial charge in [-0.05, 0) is 23.8 Å². The minimum absolute atomic E-state index is 0.0792. The van der Waals surface area contributed by atoms with Crippen molar-refractivity contribution in [3.63, 3.8) is 0 Å². The van der Waals surface area contributed by atoms with Crippen molar-refractivity contribution in [1.29, 1.82) is 0 Å². The lowest BCUT2D eigenvalue weighted by Gasteiger charge is -2.45. The van der Waals surface area contributed by atoms with Gasteiger partial charge in [0.05, 0.1) is 0 Å². The van der Waals surface area contributed by atoms with E-state index in [0.717, 1.165) is 16.9 Å². The summed E-state index contributed by atoms with van der Waals surface area (Å²) in [6.45, 7) is 0.391. The van der Waals surface area contributed by atoms with E-state index in [-0.39, 0.29) is 6.10 Å². The highest BCUT2D eigenvalue weighted by atomic mass is 32.1. The van der Waals surface area contributed by atoms with Crippen molar-refractivity contribution in [3.05, 3.63) is 65.7 Å². The molecule has 4 nitrogen and oxygen atoms in total. The van der Waals surface area contributed by atoms with Crippen molar-refractivity contribution < 1.29 is 9.47 Å². The summed E-state index contributed by atoms with van der Waals surface area (Å²) in [6.07, 6.45) is 0.583. The summed E-state index contributed by atoms with van der Waals surface area (Å²) < 4.78 is 12.3. The molecule has 0 radical (unpaired) electrons. The number of hydrogen-bond donors (Lipinski definition) is 2. The van der Waals surface area contributed by atoms with E-state index in [4.69, 9.17) is 21.7 Å². The van der Waals surface area contributed by atoms with Gasteiger partial charge in [-0.3, -0.25) is 0 Å². The van der Waals surface area contributed by atoms with Gasteiger partial charge in [0.2, 0.25) is 0 Å². The third-order valence-corrected chi connectivity index (χ3v) is 4.35. The number of rotatable bonds is 1. The molecule has 112 valence electrons. The van der Waals surface area contributed by atoms with Crippen molar-refractivity contribution in [2.45, 2.75) is 18.2 Å². The smallest absolute Gasteiger partial charge is 0.176 e. The number of ether oxygens (including phenoxy) is 2. The SMILES string of the molecule is S=C1NCOC2(CC(c3ccccc3)Oc3ccccc32)N1. The second-order valence-electron chi connectivity index (χ2n) is 5.46. The number of nitrogens with one attached hydrogen (secondary N) is 2. The number of fused-ring (bicyclic) bond motifs is 2. The summed E-state index contributed by atoms with van der Waals surface area (Å²) >= 11 is 5.30. The van der Waals surface area contributed by atoms with Crippen LogP contribution in [0.15, 0.2) is 54.6 Å². The number of hydrogen-bond acceptors (Lipinski definition) is 3. The highest BCUT2D eigenvalue weighted by Gasteiger charge is 2.45. The molecule has 2 heterocycles. The Morgan fingerprint density at radius 1 is 1.05 bits per heavy atom. The maximum absolute atomic E-state index is 6.20. The van der Waals surface area contributed by atoms with E-state index in [1.54, 1.807) is 0 Å². The van der Waals surface area contributed by atoms with Crippen LogP contribution in [0.25, 0.3) is 0 Å². The van der Waals surface area contributed by atoms with E-state index in [1.807, 2.05) is 42.5 Å². The molecule has 2 aromatic rings. The van der Waals surface area contributed by atoms with Gasteiger partial charge >= 0.3 is 0 Å². The molecule has 4 rings (SSSR count). The van der Waals surface area contributed by atoms with Crippen LogP contribution in [0.5, 0.6) is 5.75 Å². The van der Waals surface area contributed by atoms with E-state index in [0.29, 0.717) is 18.3 Å². The molecule has 1 fully saturated rings. The van der Waals surface area contributed by atoms with Crippen LogP contribution < -0.4 is 15.4 Å². The zero-order valence-electron chi connectivity index (χ0n) is 11.9. The lowest BCUT2D eigenvalue weighted by Crippen LogP contribution is -2.59. The van der Waals surface area contributed by atoms with Crippen LogP contribution in [0.4, 0.5) is 0 Å². The Hall–Kier alpha value is -2.11. The fraction of sp³-hybridized carbons (Fsp3) is 0.235. The van der Waals surface area contributed by atoms with Crippen LogP contribution in [-0.4, -0.2) is 11.8 Å². The molecule has 2 unspecified atom stereocenters. The summed E-state index contributed by atoms with van der Waals surface area (Å²) in [5.74, 6) is 0.833. The monoisotopic (exact) mass is 312 g/mol. The first-order valence-corrected chi connectivity index (χ1v) is 7.69. The third kappa shape index (κ3) is 2.23. The van der Waals surface area contributed by atoms with Gasteiger partial charge in [-0.2, -0.15) is 0 Å². The Bertz CT molecular complexity index is 707. The molecule has 22 heavy (non-hydrogen) atoms. The lowest BCUT2D eigenvalue weighted by atomic mass is 9.89. The zero-order valence-corrected chi connectivity index (χ0v) is 12.7. The van der Waals surface area contributed by atoms with E-state index in [9.17, 15) is 0 Å². The minimum Gasteiger partial charge on any atom is -0.485 e. The molecular formula is C17H16N2O2S. The van der Waals surface area contributed by atoms with Crippen molar-refractivity contribution >= 4 is 17.3 Å². The summed E-state index contributed by atoms with van der Waals surface area (Å²) in [7, 11) is 0. The topological polar surface area (TPSA) is 42.5 Å². The van der Waals surface area contributed by atoms with E-state index in [2.05, 4.69) is 22.8 Å². The second kappa shape index (κ2) is 5.26. The summed E-state index contributed by atoms with van der Waals surface area (Å²) in [5.41, 5.74) is 1.48. The van der Waals surface area contributed by atoms with Crippen LogP contribution in [0, 0.1) is 0 Å². The van der Waals surface area contributed by atoms with Crippen LogP contribution in [0.1, 0.15) is 23.7 Å². The molecule has 5 heteroatoms. The van der Waals surface area contributed by atoms with E-state index in [1.165, 1.54) is 0 Å². The standard InChI is InChI=1S/C17H16N2O2S/c22-16-18-11-20-17(19-16)10-15(12-6-2-1-3-7-12)21-14-9-5-4-8-13(14)17/h1-9,15H,10-11H2,(H2,18,19,22). The molecule has 0 bridgehead atoms. The van der Waals surface area contributed by atoms with Crippen molar-refractivity contribution in [2.24, 2.45) is 0 Å². The molecule has 1 spiro atoms. The summed E-state index contributed by atoms with van der Waals surface area (Å²) in [6, 6.07) is 18.2. The lowest BCUT2D eigenvalue weighted by molar-refractivity contribution is -0.117. The molecule has 2 N–H and O–H groups in total. The number of thiocarbonyl (C=S) groups is 1. The van der Waals surface area contributed by atoms with Gasteiger partial charge in [0.1, 0.15) is 18.6 Å². The molecule has 2 aliphatic rings. The fourth-order valence-corrected chi connectivity index (χ4v) is 3.29. The Morgan fingerprint density at radius 3 is 2.64 bits per heavy atom. The summed E-state index contributed by atoms with van der Waals surface area (Å²) in [4.78, 5) is 0. The first-order valence-electron chi connectivity index (χ1n) is 7.28. The van der Waals surface area contributed by atoms with Crippen LogP contribution >= 0.6 is 12.2 Å². The van der Waals surface area contributed by atoms with Gasteiger partial charge < -0.3 is 20.1 Å². The molecule has 2 aliphatic heterocycles. The molecule has 0 aromatic heterocycles. The van der Waals surface area contributed by atoms with Crippen LogP contribution in [0.3, 0.4) is 0 Å². The van der Waals surface area contributed by atoms with Crippen molar-refractivity contribution in [2.75, 3.05) is 6.73 Å². The van der Waals surface area contributed by atoms with Gasteiger partial charge in [0.15, 0.2) is 10.8 Å². The Labute approximate surface area is 134 Å². The highest BCUT2D eigenvalue weighted by Crippen LogP contribution is 2.45. The van der Waals surface area contributed by atoms with Crippen LogP contribution in [0.2, 0.25) is 0 Å². The number of para-hydroxylation sites is 1. The molecule has 0 amide bonds. The molecule has 1 saturated heterocycles.